The molecule has 0 amide bonds. The first-order valence-corrected chi connectivity index (χ1v) is 5.48. The topological polar surface area (TPSA) is 61.4 Å². The molecule has 1 rings (SSSR count). The van der Waals surface area contributed by atoms with Gasteiger partial charge in [-0.2, -0.15) is 0 Å². The van der Waals surface area contributed by atoms with Crippen LogP contribution < -0.4 is 10.6 Å². The first-order chi connectivity index (χ1) is 8.13. The molecule has 0 spiro atoms. The number of rotatable bonds is 7. The predicted octanol–water partition coefficient (Wildman–Crippen LogP) is 0.630. The van der Waals surface area contributed by atoms with Crippen molar-refractivity contribution in [3.63, 3.8) is 0 Å². The standard InChI is InChI=1S/C12H17FN2O2/c1-14-11(12(16)17)8-15-7-6-9-2-4-10(13)5-3-9/h2-5,11,14-15H,6-8H2,1H3,(H,16,17). The minimum absolute atomic E-state index is 0.247. The van der Waals surface area contributed by atoms with Crippen molar-refractivity contribution in [2.75, 3.05) is 20.1 Å². The van der Waals surface area contributed by atoms with Crippen molar-refractivity contribution in [3.05, 3.63) is 35.6 Å². The van der Waals surface area contributed by atoms with Crippen LogP contribution in [0.1, 0.15) is 5.56 Å². The third-order valence-electron chi connectivity index (χ3n) is 2.50. The Morgan fingerprint density at radius 1 is 1.41 bits per heavy atom. The van der Waals surface area contributed by atoms with E-state index in [2.05, 4.69) is 10.6 Å². The van der Waals surface area contributed by atoms with E-state index in [0.29, 0.717) is 13.1 Å². The number of likely N-dealkylation sites (N-methyl/N-ethyl adjacent to an activating group) is 1. The molecule has 0 heterocycles. The van der Waals surface area contributed by atoms with Crippen molar-refractivity contribution in [2.24, 2.45) is 0 Å². The van der Waals surface area contributed by atoms with E-state index in [0.717, 1.165) is 12.0 Å². The third-order valence-corrected chi connectivity index (χ3v) is 2.50. The van der Waals surface area contributed by atoms with Crippen molar-refractivity contribution in [1.82, 2.24) is 10.6 Å². The molecule has 5 heteroatoms. The molecule has 0 saturated carbocycles. The summed E-state index contributed by atoms with van der Waals surface area (Å²) < 4.78 is 12.6. The molecule has 3 N–H and O–H groups in total. The number of nitrogens with one attached hydrogen (secondary N) is 2. The molecule has 0 aromatic heterocycles. The van der Waals surface area contributed by atoms with E-state index in [-0.39, 0.29) is 5.82 Å². The largest absolute Gasteiger partial charge is 0.480 e. The number of carbonyl (C=O) groups is 1. The van der Waals surface area contributed by atoms with Crippen LogP contribution in [0.5, 0.6) is 0 Å². The van der Waals surface area contributed by atoms with E-state index in [1.807, 2.05) is 0 Å². The quantitative estimate of drug-likeness (QED) is 0.612. The van der Waals surface area contributed by atoms with Gasteiger partial charge in [0.2, 0.25) is 0 Å². The van der Waals surface area contributed by atoms with Crippen LogP contribution in [0, 0.1) is 5.82 Å². The monoisotopic (exact) mass is 240 g/mol. The highest BCUT2D eigenvalue weighted by molar-refractivity contribution is 5.73. The van der Waals surface area contributed by atoms with Gasteiger partial charge in [-0.1, -0.05) is 12.1 Å². The normalized spacial score (nSPS) is 12.4. The molecule has 1 unspecified atom stereocenters. The molecular formula is C12H17FN2O2. The van der Waals surface area contributed by atoms with Crippen molar-refractivity contribution < 1.29 is 14.3 Å². The van der Waals surface area contributed by atoms with Gasteiger partial charge in [0.1, 0.15) is 11.9 Å². The van der Waals surface area contributed by atoms with Gasteiger partial charge in [-0.25, -0.2) is 4.39 Å². The zero-order chi connectivity index (χ0) is 12.7. The van der Waals surface area contributed by atoms with E-state index in [1.165, 1.54) is 12.1 Å². The number of hydrogen-bond acceptors (Lipinski definition) is 3. The number of aliphatic carboxylic acids is 1. The number of halogens is 1. The van der Waals surface area contributed by atoms with Crippen LogP contribution in [0.4, 0.5) is 4.39 Å². The number of carboxylic acid groups (broad SMARTS) is 1. The molecule has 17 heavy (non-hydrogen) atoms. The van der Waals surface area contributed by atoms with Gasteiger partial charge in [-0.05, 0) is 37.7 Å². The first kappa shape index (κ1) is 13.6. The fourth-order valence-corrected chi connectivity index (χ4v) is 1.44. The molecule has 0 saturated heterocycles. The van der Waals surface area contributed by atoms with Crippen LogP contribution in [0.2, 0.25) is 0 Å². The van der Waals surface area contributed by atoms with Gasteiger partial charge in [0, 0.05) is 6.54 Å². The van der Waals surface area contributed by atoms with E-state index in [9.17, 15) is 9.18 Å². The van der Waals surface area contributed by atoms with Crippen LogP contribution >= 0.6 is 0 Å². The zero-order valence-corrected chi connectivity index (χ0v) is 9.74. The molecule has 0 fully saturated rings. The van der Waals surface area contributed by atoms with Crippen LogP contribution in [-0.2, 0) is 11.2 Å². The van der Waals surface area contributed by atoms with Gasteiger partial charge in [-0.15, -0.1) is 0 Å². The van der Waals surface area contributed by atoms with Crippen LogP contribution in [0.3, 0.4) is 0 Å². The average molecular weight is 240 g/mol. The van der Waals surface area contributed by atoms with E-state index >= 15 is 0 Å². The van der Waals surface area contributed by atoms with Crippen molar-refractivity contribution in [3.8, 4) is 0 Å². The van der Waals surface area contributed by atoms with Crippen molar-refractivity contribution in [1.29, 1.82) is 0 Å². The van der Waals surface area contributed by atoms with E-state index in [1.54, 1.807) is 19.2 Å². The molecule has 4 nitrogen and oxygen atoms in total. The molecule has 1 aromatic carbocycles. The Morgan fingerprint density at radius 2 is 2.06 bits per heavy atom. The number of carboxylic acids is 1. The highest BCUT2D eigenvalue weighted by Crippen LogP contribution is 2.02. The van der Waals surface area contributed by atoms with Crippen molar-refractivity contribution in [2.45, 2.75) is 12.5 Å². The Hall–Kier alpha value is -1.46. The van der Waals surface area contributed by atoms with Crippen LogP contribution in [0.25, 0.3) is 0 Å². The molecule has 0 bridgehead atoms. The number of hydrogen-bond donors (Lipinski definition) is 3. The molecule has 0 radical (unpaired) electrons. The average Bonchev–Trinajstić information content (AvgIpc) is 2.31. The fourth-order valence-electron chi connectivity index (χ4n) is 1.44. The maximum absolute atomic E-state index is 12.6. The Labute approximate surface area is 99.8 Å². The molecule has 0 aliphatic heterocycles. The highest BCUT2D eigenvalue weighted by Gasteiger charge is 2.13. The molecule has 0 aliphatic rings. The van der Waals surface area contributed by atoms with E-state index in [4.69, 9.17) is 5.11 Å². The summed E-state index contributed by atoms with van der Waals surface area (Å²) in [6.45, 7) is 1.03. The SMILES string of the molecule is CNC(CNCCc1ccc(F)cc1)C(=O)O. The second-order valence-corrected chi connectivity index (χ2v) is 3.76. The summed E-state index contributed by atoms with van der Waals surface area (Å²) in [7, 11) is 1.61. The molecule has 94 valence electrons. The molecule has 1 atom stereocenters. The summed E-state index contributed by atoms with van der Waals surface area (Å²) in [5, 5.41) is 14.5. The van der Waals surface area contributed by atoms with Gasteiger partial charge in [-0.3, -0.25) is 4.79 Å². The second-order valence-electron chi connectivity index (χ2n) is 3.76. The molecule has 0 aliphatic carbocycles. The van der Waals surface area contributed by atoms with Gasteiger partial charge in [0.05, 0.1) is 0 Å². The Kier molecular flexibility index (Phi) is 5.59. The Bertz CT molecular complexity index is 354. The molecular weight excluding hydrogens is 223 g/mol. The summed E-state index contributed by atoms with van der Waals surface area (Å²) in [5.41, 5.74) is 1.02. The summed E-state index contributed by atoms with van der Waals surface area (Å²) in [6.07, 6.45) is 0.746. The lowest BCUT2D eigenvalue weighted by atomic mass is 10.1. The highest BCUT2D eigenvalue weighted by atomic mass is 19.1. The first-order valence-electron chi connectivity index (χ1n) is 5.48. The summed E-state index contributed by atoms with van der Waals surface area (Å²) >= 11 is 0. The Morgan fingerprint density at radius 3 is 2.59 bits per heavy atom. The molecule has 1 aromatic rings. The van der Waals surface area contributed by atoms with Gasteiger partial charge >= 0.3 is 5.97 Å². The van der Waals surface area contributed by atoms with Gasteiger partial charge < -0.3 is 15.7 Å². The third kappa shape index (κ3) is 4.93. The smallest absolute Gasteiger partial charge is 0.322 e. The lowest BCUT2D eigenvalue weighted by Gasteiger charge is -2.12. The van der Waals surface area contributed by atoms with Gasteiger partial charge in [0.15, 0.2) is 0 Å². The van der Waals surface area contributed by atoms with Crippen LogP contribution in [0.15, 0.2) is 24.3 Å². The minimum atomic E-state index is -0.873. The lowest BCUT2D eigenvalue weighted by Crippen LogP contribution is -2.43. The summed E-state index contributed by atoms with van der Waals surface area (Å²) in [5.74, 6) is -1.12. The predicted molar refractivity (Wildman–Crippen MR) is 63.5 cm³/mol. The Balaban J connectivity index is 2.24. The summed E-state index contributed by atoms with van der Waals surface area (Å²) in [4.78, 5) is 10.7. The summed E-state index contributed by atoms with van der Waals surface area (Å²) in [6, 6.07) is 5.71. The van der Waals surface area contributed by atoms with Gasteiger partial charge in [0.25, 0.3) is 0 Å². The lowest BCUT2D eigenvalue weighted by molar-refractivity contribution is -0.139. The maximum atomic E-state index is 12.6. The van der Waals surface area contributed by atoms with Crippen molar-refractivity contribution >= 4 is 5.97 Å². The maximum Gasteiger partial charge on any atom is 0.322 e. The fraction of sp³-hybridized carbons (Fsp3) is 0.417. The van der Waals surface area contributed by atoms with E-state index < -0.39 is 12.0 Å². The zero-order valence-electron chi connectivity index (χ0n) is 9.74. The van der Waals surface area contributed by atoms with Crippen LogP contribution in [-0.4, -0.2) is 37.3 Å². The minimum Gasteiger partial charge on any atom is -0.480 e. The number of benzene rings is 1. The second kappa shape index (κ2) is 6.98.